The third-order valence-electron chi connectivity index (χ3n) is 0.681. The first-order chi connectivity index (χ1) is 4.18. The standard InChI is InChI=1S/C7H10O2.CH3/c1-4-5-9-7(8)6(2)3;/h4H,1-2,5H2,3H3;1H3. The zero-order valence-corrected chi connectivity index (χ0v) is 6.52. The van der Waals surface area contributed by atoms with Crippen LogP contribution in [0.25, 0.3) is 0 Å². The van der Waals surface area contributed by atoms with Gasteiger partial charge < -0.3 is 4.74 Å². The molecule has 0 spiro atoms. The van der Waals surface area contributed by atoms with Crippen molar-refractivity contribution in [2.75, 3.05) is 6.61 Å². The number of esters is 1. The number of carbonyl (C=O) groups excluding carboxylic acids is 1. The van der Waals surface area contributed by atoms with Gasteiger partial charge in [-0.15, -0.1) is 0 Å². The number of carbonyl (C=O) groups is 1. The largest absolute Gasteiger partial charge is 0.458 e. The Labute approximate surface area is 62.2 Å². The molecule has 0 rings (SSSR count). The van der Waals surface area contributed by atoms with Crippen LogP contribution in [0.15, 0.2) is 24.8 Å². The molecule has 0 fully saturated rings. The van der Waals surface area contributed by atoms with Crippen molar-refractivity contribution in [1.29, 1.82) is 0 Å². The molecule has 57 valence electrons. The summed E-state index contributed by atoms with van der Waals surface area (Å²) in [6.45, 7) is 8.64. The molecule has 0 saturated heterocycles. The fourth-order valence-corrected chi connectivity index (χ4v) is 0.258. The molecule has 0 N–H and O–H groups in total. The lowest BCUT2D eigenvalue weighted by atomic mass is 10.4. The van der Waals surface area contributed by atoms with Gasteiger partial charge in [0.25, 0.3) is 0 Å². The third kappa shape index (κ3) is 5.09. The van der Waals surface area contributed by atoms with Crippen molar-refractivity contribution in [3.63, 3.8) is 0 Å². The summed E-state index contributed by atoms with van der Waals surface area (Å²) < 4.78 is 4.60. The predicted octanol–water partition coefficient (Wildman–Crippen LogP) is 1.74. The molecular weight excluding hydrogens is 128 g/mol. The Morgan fingerprint density at radius 3 is 2.50 bits per heavy atom. The van der Waals surface area contributed by atoms with Crippen molar-refractivity contribution >= 4 is 5.97 Å². The number of hydrogen-bond donors (Lipinski definition) is 0. The summed E-state index contributed by atoms with van der Waals surface area (Å²) in [7, 11) is 0. The van der Waals surface area contributed by atoms with Crippen molar-refractivity contribution in [3.8, 4) is 0 Å². The maximum absolute atomic E-state index is 10.5. The van der Waals surface area contributed by atoms with E-state index in [1.807, 2.05) is 0 Å². The lowest BCUT2D eigenvalue weighted by Gasteiger charge is -1.97. The molecule has 0 aliphatic heterocycles. The highest BCUT2D eigenvalue weighted by Crippen LogP contribution is 1.90. The van der Waals surface area contributed by atoms with E-state index in [0.717, 1.165) is 0 Å². The summed E-state index contributed by atoms with van der Waals surface area (Å²) in [5.41, 5.74) is 0.414. The highest BCUT2D eigenvalue weighted by Gasteiger charge is 1.98. The smallest absolute Gasteiger partial charge is 0.333 e. The first-order valence-corrected chi connectivity index (χ1v) is 2.62. The van der Waals surface area contributed by atoms with E-state index in [4.69, 9.17) is 0 Å². The highest BCUT2D eigenvalue weighted by atomic mass is 16.5. The van der Waals surface area contributed by atoms with Gasteiger partial charge in [-0.25, -0.2) is 4.79 Å². The molecule has 0 aromatic rings. The number of ether oxygens (including phenoxy) is 1. The van der Waals surface area contributed by atoms with Crippen molar-refractivity contribution in [1.82, 2.24) is 0 Å². The van der Waals surface area contributed by atoms with E-state index in [-0.39, 0.29) is 20.0 Å². The summed E-state index contributed by atoms with van der Waals surface area (Å²) in [5.74, 6) is -0.366. The molecule has 0 bridgehead atoms. The summed E-state index contributed by atoms with van der Waals surface area (Å²) >= 11 is 0. The van der Waals surface area contributed by atoms with Gasteiger partial charge in [-0.3, -0.25) is 0 Å². The quantitative estimate of drug-likeness (QED) is 0.340. The average Bonchev–Trinajstić information content (AvgIpc) is 1.82. The van der Waals surface area contributed by atoms with Crippen molar-refractivity contribution < 1.29 is 9.53 Å². The molecular formula is C8H13O2. The van der Waals surface area contributed by atoms with E-state index in [1.165, 1.54) is 6.08 Å². The maximum Gasteiger partial charge on any atom is 0.333 e. The molecule has 0 unspecified atom stereocenters. The lowest BCUT2D eigenvalue weighted by Crippen LogP contribution is -2.03. The maximum atomic E-state index is 10.5. The monoisotopic (exact) mass is 141 g/mol. The van der Waals surface area contributed by atoms with Gasteiger partial charge in [-0.2, -0.15) is 0 Å². The molecule has 0 aromatic carbocycles. The van der Waals surface area contributed by atoms with Crippen LogP contribution in [-0.2, 0) is 9.53 Å². The number of hydrogen-bond acceptors (Lipinski definition) is 2. The molecule has 2 nitrogen and oxygen atoms in total. The van der Waals surface area contributed by atoms with Gasteiger partial charge >= 0.3 is 5.97 Å². The second kappa shape index (κ2) is 6.08. The van der Waals surface area contributed by atoms with Crippen LogP contribution < -0.4 is 0 Å². The van der Waals surface area contributed by atoms with Crippen molar-refractivity contribution in [2.45, 2.75) is 6.92 Å². The topological polar surface area (TPSA) is 26.3 Å². The SMILES string of the molecule is C=CCOC(=O)C(=C)C.[CH3]. The van der Waals surface area contributed by atoms with E-state index >= 15 is 0 Å². The minimum absolute atomic E-state index is 0. The molecule has 0 aliphatic rings. The van der Waals surface area contributed by atoms with Crippen LogP contribution in [0.4, 0.5) is 0 Å². The Morgan fingerprint density at radius 1 is 1.70 bits per heavy atom. The van der Waals surface area contributed by atoms with E-state index in [0.29, 0.717) is 5.57 Å². The van der Waals surface area contributed by atoms with Crippen molar-refractivity contribution in [3.05, 3.63) is 32.2 Å². The van der Waals surface area contributed by atoms with E-state index in [1.54, 1.807) is 6.92 Å². The average molecular weight is 141 g/mol. The zero-order chi connectivity index (χ0) is 7.28. The molecule has 1 radical (unpaired) electrons. The molecule has 0 amide bonds. The van der Waals surface area contributed by atoms with E-state index in [9.17, 15) is 4.79 Å². The first-order valence-electron chi connectivity index (χ1n) is 2.62. The summed E-state index contributed by atoms with van der Waals surface area (Å²) in [6.07, 6.45) is 1.51. The Balaban J connectivity index is 0. The van der Waals surface area contributed by atoms with E-state index in [2.05, 4.69) is 17.9 Å². The first kappa shape index (κ1) is 11.7. The highest BCUT2D eigenvalue weighted by molar-refractivity contribution is 5.86. The fourth-order valence-electron chi connectivity index (χ4n) is 0.258. The van der Waals surface area contributed by atoms with Crippen molar-refractivity contribution in [2.24, 2.45) is 0 Å². The predicted molar refractivity (Wildman–Crippen MR) is 42.4 cm³/mol. The molecule has 0 saturated carbocycles. The van der Waals surface area contributed by atoms with E-state index < -0.39 is 0 Å². The minimum Gasteiger partial charge on any atom is -0.458 e. The summed E-state index contributed by atoms with van der Waals surface area (Å²) in [6, 6.07) is 0. The van der Waals surface area contributed by atoms with Gasteiger partial charge in [-0.1, -0.05) is 26.7 Å². The fraction of sp³-hybridized carbons (Fsp3) is 0.250. The van der Waals surface area contributed by atoms with Crippen LogP contribution >= 0.6 is 0 Å². The van der Waals surface area contributed by atoms with Crippen LogP contribution in [0.1, 0.15) is 6.92 Å². The number of rotatable bonds is 3. The third-order valence-corrected chi connectivity index (χ3v) is 0.681. The van der Waals surface area contributed by atoms with Gasteiger partial charge in [-0.05, 0) is 6.92 Å². The van der Waals surface area contributed by atoms with Crippen LogP contribution in [0.3, 0.4) is 0 Å². The Bertz CT molecular complexity index is 136. The lowest BCUT2D eigenvalue weighted by molar-refractivity contribution is -0.137. The molecule has 2 heteroatoms. The molecule has 0 heterocycles. The van der Waals surface area contributed by atoms with Crippen LogP contribution in [0.2, 0.25) is 0 Å². The van der Waals surface area contributed by atoms with Gasteiger partial charge in [0.2, 0.25) is 0 Å². The van der Waals surface area contributed by atoms with Gasteiger partial charge in [0.15, 0.2) is 0 Å². The zero-order valence-electron chi connectivity index (χ0n) is 6.52. The second-order valence-electron chi connectivity index (χ2n) is 1.67. The molecule has 0 aliphatic carbocycles. The van der Waals surface area contributed by atoms with Gasteiger partial charge in [0.05, 0.1) is 0 Å². The van der Waals surface area contributed by atoms with Crippen LogP contribution in [0.5, 0.6) is 0 Å². The van der Waals surface area contributed by atoms with Crippen LogP contribution in [0, 0.1) is 7.43 Å². The summed E-state index contributed by atoms with van der Waals surface area (Å²) in [4.78, 5) is 10.5. The Kier molecular flexibility index (Phi) is 7.12. The normalized spacial score (nSPS) is 7.30. The molecule has 0 atom stereocenters. The Morgan fingerprint density at radius 2 is 2.20 bits per heavy atom. The second-order valence-corrected chi connectivity index (χ2v) is 1.67. The molecule has 10 heavy (non-hydrogen) atoms. The van der Waals surface area contributed by atoms with Crippen LogP contribution in [-0.4, -0.2) is 12.6 Å². The summed E-state index contributed by atoms with van der Waals surface area (Å²) in [5, 5.41) is 0. The van der Waals surface area contributed by atoms with Gasteiger partial charge in [0, 0.05) is 5.57 Å². The Hall–Kier alpha value is -1.05. The minimum atomic E-state index is -0.366. The van der Waals surface area contributed by atoms with Gasteiger partial charge in [0.1, 0.15) is 6.61 Å². The molecule has 0 aromatic heterocycles.